The van der Waals surface area contributed by atoms with E-state index in [9.17, 15) is 0 Å². The van der Waals surface area contributed by atoms with E-state index in [1.165, 1.54) is 0 Å². The first-order chi connectivity index (χ1) is 12.5. The Kier molecular flexibility index (Phi) is 5.26. The smallest absolute Gasteiger partial charge is 0.307 e. The van der Waals surface area contributed by atoms with E-state index in [4.69, 9.17) is 39.6 Å². The van der Waals surface area contributed by atoms with Gasteiger partial charge in [-0.1, -0.05) is 0 Å². The number of anilines is 1. The summed E-state index contributed by atoms with van der Waals surface area (Å²) in [6, 6.07) is 15.5. The maximum atomic E-state index is 5.84. The van der Waals surface area contributed by atoms with Crippen LogP contribution in [0.15, 0.2) is 48.5 Å². The highest BCUT2D eigenvalue weighted by Gasteiger charge is 2.47. The normalized spacial score (nSPS) is 19.3. The Morgan fingerprint density at radius 1 is 1.04 bits per heavy atom. The van der Waals surface area contributed by atoms with Gasteiger partial charge in [-0.25, -0.2) is 0 Å². The standard InChI is InChI=1S/C18H20N4O2S2/c1-23-15-7-3-13(4-8-15)21-11-12-22(18(21)26,20-17(19)25)14-5-9-16(24-2)10-6-14/h3-10H,11-12H2,1-2H3,(H2-,19,20,25)/p+1. The molecule has 1 fully saturated rings. The van der Waals surface area contributed by atoms with Crippen LogP contribution in [0.3, 0.4) is 0 Å². The van der Waals surface area contributed by atoms with Crippen molar-refractivity contribution in [2.75, 3.05) is 32.2 Å². The number of ether oxygens (including phenoxy) is 2. The van der Waals surface area contributed by atoms with Crippen LogP contribution in [0, 0.1) is 0 Å². The molecule has 1 saturated heterocycles. The number of nitrogens with zero attached hydrogens (tertiary/aromatic N) is 2. The quantitative estimate of drug-likeness (QED) is 0.602. The fourth-order valence-corrected chi connectivity index (χ4v) is 3.68. The van der Waals surface area contributed by atoms with E-state index in [0.717, 1.165) is 29.4 Å². The van der Waals surface area contributed by atoms with E-state index in [-0.39, 0.29) is 9.70 Å². The molecule has 2 aromatic carbocycles. The lowest BCUT2D eigenvalue weighted by atomic mass is 10.2. The van der Waals surface area contributed by atoms with Gasteiger partial charge < -0.3 is 15.2 Å². The Morgan fingerprint density at radius 3 is 2.08 bits per heavy atom. The van der Waals surface area contributed by atoms with Crippen LogP contribution < -0.4 is 30.1 Å². The highest BCUT2D eigenvalue weighted by molar-refractivity contribution is 7.81. The molecule has 0 aliphatic carbocycles. The highest BCUT2D eigenvalue weighted by Crippen LogP contribution is 2.32. The van der Waals surface area contributed by atoms with Gasteiger partial charge in [0.1, 0.15) is 18.0 Å². The van der Waals surface area contributed by atoms with Crippen LogP contribution in [0.5, 0.6) is 11.5 Å². The molecule has 2 aromatic rings. The van der Waals surface area contributed by atoms with E-state index in [1.807, 2.05) is 48.5 Å². The fourth-order valence-electron chi connectivity index (χ4n) is 3.08. The van der Waals surface area contributed by atoms with Crippen LogP contribution in [-0.4, -0.2) is 37.5 Å². The first kappa shape index (κ1) is 18.4. The number of hydrogen-bond acceptors (Lipinski definition) is 4. The third kappa shape index (κ3) is 3.31. The van der Waals surface area contributed by atoms with Crippen LogP contribution in [0.25, 0.3) is 0 Å². The van der Waals surface area contributed by atoms with Crippen LogP contribution >= 0.6 is 24.4 Å². The van der Waals surface area contributed by atoms with Gasteiger partial charge in [0.2, 0.25) is 5.11 Å². The van der Waals surface area contributed by atoms with E-state index >= 15 is 0 Å². The average molecular weight is 390 g/mol. The number of thiocarbonyl (C=S) groups is 2. The van der Waals surface area contributed by atoms with Crippen molar-refractivity contribution in [3.8, 4) is 11.5 Å². The lowest BCUT2D eigenvalue weighted by molar-refractivity contribution is 0.405. The zero-order valence-electron chi connectivity index (χ0n) is 14.6. The van der Waals surface area contributed by atoms with E-state index in [1.54, 1.807) is 14.2 Å². The molecule has 0 aromatic heterocycles. The first-order valence-corrected chi connectivity index (χ1v) is 8.88. The van der Waals surface area contributed by atoms with Gasteiger partial charge in [0.05, 0.1) is 20.8 Å². The zero-order chi connectivity index (χ0) is 18.7. The van der Waals surface area contributed by atoms with Crippen LogP contribution in [0.1, 0.15) is 0 Å². The number of rotatable bonds is 5. The van der Waals surface area contributed by atoms with E-state index < -0.39 is 0 Å². The minimum Gasteiger partial charge on any atom is -0.497 e. The Hall–Kier alpha value is -2.42. The predicted molar refractivity (Wildman–Crippen MR) is 113 cm³/mol. The van der Waals surface area contributed by atoms with Crippen molar-refractivity contribution < 1.29 is 9.47 Å². The highest BCUT2D eigenvalue weighted by atomic mass is 32.1. The van der Waals surface area contributed by atoms with Crippen molar-refractivity contribution in [3.05, 3.63) is 48.5 Å². The van der Waals surface area contributed by atoms with Crippen molar-refractivity contribution in [2.24, 2.45) is 5.73 Å². The second-order valence-corrected chi connectivity index (χ2v) is 6.64. The summed E-state index contributed by atoms with van der Waals surface area (Å²) < 4.78 is 10.7. The molecule has 1 atom stereocenters. The third-order valence-electron chi connectivity index (χ3n) is 4.41. The molecule has 0 bridgehead atoms. The van der Waals surface area contributed by atoms with Gasteiger partial charge >= 0.3 is 5.11 Å². The Labute approximate surface area is 163 Å². The van der Waals surface area contributed by atoms with Gasteiger partial charge in [-0.3, -0.25) is 4.90 Å². The summed E-state index contributed by atoms with van der Waals surface area (Å²) in [6.07, 6.45) is 0. The van der Waals surface area contributed by atoms with Gasteiger partial charge in [0.25, 0.3) is 0 Å². The van der Waals surface area contributed by atoms with Gasteiger partial charge in [-0.2, -0.15) is 5.43 Å². The topological polar surface area (TPSA) is 59.8 Å². The second-order valence-electron chi connectivity index (χ2n) is 5.84. The number of quaternary nitrogens is 1. The lowest BCUT2D eigenvalue weighted by Crippen LogP contribution is -2.64. The predicted octanol–water partition coefficient (Wildman–Crippen LogP) is 2.56. The number of hydrogen-bond donors (Lipinski definition) is 2. The minimum atomic E-state index is 0.194. The largest absolute Gasteiger partial charge is 0.497 e. The Balaban J connectivity index is 1.97. The zero-order valence-corrected chi connectivity index (χ0v) is 16.3. The molecule has 136 valence electrons. The second kappa shape index (κ2) is 7.45. The Morgan fingerprint density at radius 2 is 1.58 bits per heavy atom. The summed E-state index contributed by atoms with van der Waals surface area (Å²) in [5.74, 6) is 1.58. The van der Waals surface area contributed by atoms with Crippen molar-refractivity contribution in [3.63, 3.8) is 0 Å². The molecule has 1 heterocycles. The van der Waals surface area contributed by atoms with Crippen LogP contribution in [0.2, 0.25) is 0 Å². The maximum Gasteiger partial charge on any atom is 0.307 e. The Bertz CT molecular complexity index is 811. The van der Waals surface area contributed by atoms with Gasteiger partial charge in [0.15, 0.2) is 5.69 Å². The fraction of sp³-hybridized carbons (Fsp3) is 0.222. The van der Waals surface area contributed by atoms with Gasteiger partial charge in [0, 0.05) is 30.0 Å². The summed E-state index contributed by atoms with van der Waals surface area (Å²) >= 11 is 11.0. The molecular formula is C18H21N4O2S2+. The van der Waals surface area contributed by atoms with Crippen molar-refractivity contribution >= 4 is 46.0 Å². The van der Waals surface area contributed by atoms with Crippen LogP contribution in [0.4, 0.5) is 11.4 Å². The van der Waals surface area contributed by atoms with Crippen LogP contribution in [-0.2, 0) is 0 Å². The number of methoxy groups -OCH3 is 2. The lowest BCUT2D eigenvalue weighted by Gasteiger charge is -2.32. The molecule has 6 nitrogen and oxygen atoms in total. The molecule has 3 N–H and O–H groups in total. The summed E-state index contributed by atoms with van der Waals surface area (Å²) in [5.41, 5.74) is 10.9. The summed E-state index contributed by atoms with van der Waals surface area (Å²) in [6.45, 7) is 1.42. The number of nitrogens with one attached hydrogen (secondary N) is 1. The van der Waals surface area contributed by atoms with Crippen molar-refractivity contribution in [1.82, 2.24) is 10.0 Å². The molecule has 26 heavy (non-hydrogen) atoms. The third-order valence-corrected chi connectivity index (χ3v) is 5.04. The summed E-state index contributed by atoms with van der Waals surface area (Å²) in [4.78, 5) is 2.07. The first-order valence-electron chi connectivity index (χ1n) is 8.06. The van der Waals surface area contributed by atoms with Crippen molar-refractivity contribution in [2.45, 2.75) is 0 Å². The number of nitrogens with two attached hydrogens (primary N) is 1. The summed E-state index contributed by atoms with van der Waals surface area (Å²) in [7, 11) is 3.28. The number of benzene rings is 2. The summed E-state index contributed by atoms with van der Waals surface area (Å²) in [5, 5.41) is 0.868. The van der Waals surface area contributed by atoms with Gasteiger partial charge in [-0.05, 0) is 48.6 Å². The molecule has 1 unspecified atom stereocenters. The molecule has 0 spiro atoms. The molecular weight excluding hydrogens is 368 g/mol. The van der Waals surface area contributed by atoms with E-state index in [0.29, 0.717) is 11.7 Å². The molecule has 1 aliphatic rings. The van der Waals surface area contributed by atoms with E-state index in [2.05, 4.69) is 10.3 Å². The molecule has 0 amide bonds. The molecule has 1 aliphatic heterocycles. The maximum absolute atomic E-state index is 5.84. The monoisotopic (exact) mass is 389 g/mol. The van der Waals surface area contributed by atoms with Crippen molar-refractivity contribution in [1.29, 1.82) is 0 Å². The molecule has 3 rings (SSSR count). The molecule has 0 saturated carbocycles. The average Bonchev–Trinajstić information content (AvgIpc) is 2.98. The van der Waals surface area contributed by atoms with Gasteiger partial charge in [-0.15, -0.1) is 4.59 Å². The SMILES string of the molecule is COc1ccc(N2CC[N+](NC(N)=S)(c3ccc(OC)cc3)C2=S)cc1. The molecule has 8 heteroatoms. The molecule has 0 radical (unpaired) electrons. The minimum absolute atomic E-state index is 0.194.